The van der Waals surface area contributed by atoms with E-state index in [-0.39, 0.29) is 23.1 Å². The minimum absolute atomic E-state index is 0.130. The molecule has 0 bridgehead atoms. The Hall–Kier alpha value is -2.71. The summed E-state index contributed by atoms with van der Waals surface area (Å²) in [5.41, 5.74) is 2.13. The van der Waals surface area contributed by atoms with Crippen LogP contribution in [0.4, 0.5) is 11.4 Å². The normalized spacial score (nSPS) is 17.7. The van der Waals surface area contributed by atoms with E-state index in [1.807, 2.05) is 24.3 Å². The summed E-state index contributed by atoms with van der Waals surface area (Å²) in [6.07, 6.45) is 4.42. The van der Waals surface area contributed by atoms with E-state index in [4.69, 9.17) is 0 Å². The van der Waals surface area contributed by atoms with Crippen LogP contribution in [0.15, 0.2) is 53.4 Å². The molecule has 2 fully saturated rings. The highest BCUT2D eigenvalue weighted by molar-refractivity contribution is 7.89. The third-order valence-electron chi connectivity index (χ3n) is 5.76. The fourth-order valence-corrected chi connectivity index (χ4v) is 5.66. The van der Waals surface area contributed by atoms with Gasteiger partial charge in [0.05, 0.1) is 11.3 Å². The van der Waals surface area contributed by atoms with Gasteiger partial charge in [0, 0.05) is 37.4 Å². The predicted octanol–water partition coefficient (Wildman–Crippen LogP) is 3.17. The molecule has 0 aliphatic carbocycles. The van der Waals surface area contributed by atoms with Crippen LogP contribution in [0.2, 0.25) is 0 Å². The van der Waals surface area contributed by atoms with Crippen LogP contribution in [0, 0.1) is 0 Å². The largest absolute Gasteiger partial charge is 0.326 e. The van der Waals surface area contributed by atoms with Crippen molar-refractivity contribution in [3.8, 4) is 0 Å². The van der Waals surface area contributed by atoms with Crippen molar-refractivity contribution >= 4 is 33.2 Å². The number of anilines is 2. The third kappa shape index (κ3) is 4.97. The minimum atomic E-state index is -3.55. The summed E-state index contributed by atoms with van der Waals surface area (Å²) in [6, 6.07) is 13.8. The zero-order valence-electron chi connectivity index (χ0n) is 17.4. The first-order chi connectivity index (χ1) is 14.9. The highest BCUT2D eigenvalue weighted by Gasteiger charge is 2.26. The summed E-state index contributed by atoms with van der Waals surface area (Å²) >= 11 is 0. The van der Waals surface area contributed by atoms with Crippen molar-refractivity contribution in [2.75, 3.05) is 29.9 Å². The Bertz CT molecular complexity index is 1060. The molecule has 2 aliphatic rings. The summed E-state index contributed by atoms with van der Waals surface area (Å²) in [5, 5.41) is 2.80. The van der Waals surface area contributed by atoms with Crippen LogP contribution in [0.5, 0.6) is 0 Å². The Labute approximate surface area is 183 Å². The molecule has 1 N–H and O–H groups in total. The number of amides is 2. The van der Waals surface area contributed by atoms with Crippen molar-refractivity contribution in [2.24, 2.45) is 0 Å². The number of rotatable bonds is 6. The monoisotopic (exact) mass is 441 g/mol. The second-order valence-electron chi connectivity index (χ2n) is 8.03. The molecule has 2 saturated heterocycles. The van der Waals surface area contributed by atoms with Crippen molar-refractivity contribution in [2.45, 2.75) is 43.4 Å². The standard InChI is InChI=1S/C23H27N3O4S/c27-22(16-18-9-11-20(12-10-18)26-15-5-8-23(26)28)24-19-6-4-7-21(17-19)31(29,30)25-13-2-1-3-14-25/h4,6-7,9-12,17H,1-3,5,8,13-16H2,(H,24,27). The van der Waals surface area contributed by atoms with Gasteiger partial charge in [-0.3, -0.25) is 9.59 Å². The molecule has 0 saturated carbocycles. The van der Waals surface area contributed by atoms with Gasteiger partial charge in [-0.15, -0.1) is 0 Å². The lowest BCUT2D eigenvalue weighted by atomic mass is 10.1. The van der Waals surface area contributed by atoms with Crippen LogP contribution in [0.3, 0.4) is 0 Å². The topological polar surface area (TPSA) is 86.8 Å². The first kappa shape index (κ1) is 21.5. The SMILES string of the molecule is O=C(Cc1ccc(N2CCCC2=O)cc1)Nc1cccc(S(=O)(=O)N2CCCCC2)c1. The number of benzene rings is 2. The molecule has 164 valence electrons. The molecule has 7 nitrogen and oxygen atoms in total. The van der Waals surface area contributed by atoms with Gasteiger partial charge in [0.25, 0.3) is 0 Å². The highest BCUT2D eigenvalue weighted by Crippen LogP contribution is 2.24. The average molecular weight is 442 g/mol. The molecule has 0 atom stereocenters. The highest BCUT2D eigenvalue weighted by atomic mass is 32.2. The molecule has 31 heavy (non-hydrogen) atoms. The molecule has 2 aromatic rings. The van der Waals surface area contributed by atoms with Crippen LogP contribution in [-0.2, 0) is 26.0 Å². The summed E-state index contributed by atoms with van der Waals surface area (Å²) < 4.78 is 27.2. The maximum atomic E-state index is 12.9. The smallest absolute Gasteiger partial charge is 0.243 e. The number of nitrogens with zero attached hydrogens (tertiary/aromatic N) is 2. The van der Waals surface area contributed by atoms with E-state index in [0.717, 1.165) is 43.5 Å². The second kappa shape index (κ2) is 9.20. The molecular weight excluding hydrogens is 414 g/mol. The number of sulfonamides is 1. The molecule has 0 radical (unpaired) electrons. The molecular formula is C23H27N3O4S. The fourth-order valence-electron chi connectivity index (χ4n) is 4.09. The van der Waals surface area contributed by atoms with E-state index in [2.05, 4.69) is 5.32 Å². The summed E-state index contributed by atoms with van der Waals surface area (Å²) in [4.78, 5) is 26.3. The van der Waals surface area contributed by atoms with Crippen molar-refractivity contribution in [3.63, 3.8) is 0 Å². The number of hydrogen-bond acceptors (Lipinski definition) is 4. The Morgan fingerprint density at radius 1 is 0.935 bits per heavy atom. The van der Waals surface area contributed by atoms with Gasteiger partial charge in [-0.2, -0.15) is 4.31 Å². The van der Waals surface area contributed by atoms with Crippen LogP contribution >= 0.6 is 0 Å². The molecule has 0 spiro atoms. The van der Waals surface area contributed by atoms with E-state index < -0.39 is 10.0 Å². The van der Waals surface area contributed by atoms with Crippen LogP contribution in [-0.4, -0.2) is 44.2 Å². The Balaban J connectivity index is 1.40. The molecule has 2 aliphatic heterocycles. The van der Waals surface area contributed by atoms with Crippen LogP contribution in [0.25, 0.3) is 0 Å². The second-order valence-corrected chi connectivity index (χ2v) is 9.97. The molecule has 4 rings (SSSR count). The summed E-state index contributed by atoms with van der Waals surface area (Å²) in [7, 11) is -3.55. The van der Waals surface area contributed by atoms with Gasteiger partial charge in [-0.25, -0.2) is 8.42 Å². The lowest BCUT2D eigenvalue weighted by molar-refractivity contribution is -0.117. The maximum absolute atomic E-state index is 12.9. The first-order valence-corrected chi connectivity index (χ1v) is 12.2. The Morgan fingerprint density at radius 2 is 1.68 bits per heavy atom. The molecule has 0 aromatic heterocycles. The first-order valence-electron chi connectivity index (χ1n) is 10.7. The number of carbonyl (C=O) groups excluding carboxylic acids is 2. The van der Waals surface area contributed by atoms with Gasteiger partial charge in [-0.05, 0) is 55.2 Å². The lowest BCUT2D eigenvalue weighted by Crippen LogP contribution is -2.35. The number of nitrogens with one attached hydrogen (secondary N) is 1. The van der Waals surface area contributed by atoms with Gasteiger partial charge in [0.2, 0.25) is 21.8 Å². The quantitative estimate of drug-likeness (QED) is 0.746. The van der Waals surface area contributed by atoms with Crippen molar-refractivity contribution in [3.05, 3.63) is 54.1 Å². The Morgan fingerprint density at radius 3 is 2.35 bits per heavy atom. The number of hydrogen-bond donors (Lipinski definition) is 1. The van der Waals surface area contributed by atoms with E-state index in [1.54, 1.807) is 23.1 Å². The van der Waals surface area contributed by atoms with Gasteiger partial charge < -0.3 is 10.2 Å². The molecule has 0 unspecified atom stereocenters. The lowest BCUT2D eigenvalue weighted by Gasteiger charge is -2.26. The summed E-state index contributed by atoms with van der Waals surface area (Å²) in [5.74, 6) is -0.0950. The number of carbonyl (C=O) groups is 2. The zero-order chi connectivity index (χ0) is 21.8. The molecule has 2 amide bonds. The zero-order valence-corrected chi connectivity index (χ0v) is 18.2. The Kier molecular flexibility index (Phi) is 6.38. The van der Waals surface area contributed by atoms with Gasteiger partial charge in [0.1, 0.15) is 0 Å². The average Bonchev–Trinajstić information content (AvgIpc) is 3.21. The number of piperidine rings is 1. The predicted molar refractivity (Wildman–Crippen MR) is 119 cm³/mol. The summed E-state index contributed by atoms with van der Waals surface area (Å²) in [6.45, 7) is 1.81. The van der Waals surface area contributed by atoms with Crippen molar-refractivity contribution in [1.82, 2.24) is 4.31 Å². The maximum Gasteiger partial charge on any atom is 0.243 e. The van der Waals surface area contributed by atoms with Gasteiger partial charge in [0.15, 0.2) is 0 Å². The minimum Gasteiger partial charge on any atom is -0.326 e. The molecule has 2 heterocycles. The van der Waals surface area contributed by atoms with Crippen molar-refractivity contribution < 1.29 is 18.0 Å². The van der Waals surface area contributed by atoms with E-state index in [0.29, 0.717) is 25.2 Å². The van der Waals surface area contributed by atoms with Crippen LogP contribution < -0.4 is 10.2 Å². The fraction of sp³-hybridized carbons (Fsp3) is 0.391. The van der Waals surface area contributed by atoms with E-state index in [9.17, 15) is 18.0 Å². The van der Waals surface area contributed by atoms with Crippen LogP contribution in [0.1, 0.15) is 37.7 Å². The van der Waals surface area contributed by atoms with Gasteiger partial charge in [-0.1, -0.05) is 24.6 Å². The molecule has 8 heteroatoms. The molecule has 2 aromatic carbocycles. The third-order valence-corrected chi connectivity index (χ3v) is 7.65. The van der Waals surface area contributed by atoms with E-state index >= 15 is 0 Å². The van der Waals surface area contributed by atoms with Crippen molar-refractivity contribution in [1.29, 1.82) is 0 Å². The van der Waals surface area contributed by atoms with E-state index in [1.165, 1.54) is 10.4 Å². The van der Waals surface area contributed by atoms with Gasteiger partial charge >= 0.3 is 0 Å².